The lowest BCUT2D eigenvalue weighted by atomic mass is 10.0. The van der Waals surface area contributed by atoms with Crippen LogP contribution in [0.25, 0.3) is 0 Å². The first-order valence-electron chi connectivity index (χ1n) is 4.31. The van der Waals surface area contributed by atoms with E-state index in [9.17, 15) is 5.11 Å². The first-order valence-corrected chi connectivity index (χ1v) is 4.31. The first kappa shape index (κ1) is 11.4. The zero-order valence-corrected chi connectivity index (χ0v) is 8.33. The smallest absolute Gasteiger partial charge is 0.0936 e. The van der Waals surface area contributed by atoms with E-state index >= 15 is 0 Å². The van der Waals surface area contributed by atoms with Crippen molar-refractivity contribution in [2.24, 2.45) is 0 Å². The molecule has 0 spiro atoms. The van der Waals surface area contributed by atoms with Gasteiger partial charge in [-0.15, -0.1) is 0 Å². The number of hydrogen-bond donors (Lipinski definition) is 2. The SMILES string of the molecule is CC=CC(=CC)C(O)C(C)NC. The maximum absolute atomic E-state index is 9.73. The summed E-state index contributed by atoms with van der Waals surface area (Å²) in [6, 6.07) is 0.0902. The predicted octanol–water partition coefficient (Wildman–Crippen LogP) is 1.48. The first-order chi connectivity index (χ1) is 5.67. The van der Waals surface area contributed by atoms with Gasteiger partial charge in [-0.25, -0.2) is 0 Å². The average molecular weight is 169 g/mol. The highest BCUT2D eigenvalue weighted by Gasteiger charge is 2.13. The Bertz CT molecular complexity index is 173. The summed E-state index contributed by atoms with van der Waals surface area (Å²) in [6.07, 6.45) is 5.37. The standard InChI is InChI=1S/C10H19NO/c1-5-7-9(6-2)10(12)8(3)11-4/h5-8,10-12H,1-4H3. The summed E-state index contributed by atoms with van der Waals surface area (Å²) in [5, 5.41) is 12.7. The van der Waals surface area contributed by atoms with Gasteiger partial charge in [-0.2, -0.15) is 0 Å². The highest BCUT2D eigenvalue weighted by molar-refractivity contribution is 5.23. The Hall–Kier alpha value is -0.600. The Morgan fingerprint density at radius 2 is 2.00 bits per heavy atom. The molecule has 0 saturated heterocycles. The van der Waals surface area contributed by atoms with Gasteiger partial charge < -0.3 is 10.4 Å². The molecule has 0 saturated carbocycles. The number of hydrogen-bond acceptors (Lipinski definition) is 2. The summed E-state index contributed by atoms with van der Waals surface area (Å²) >= 11 is 0. The van der Waals surface area contributed by atoms with Crippen LogP contribution in [0, 0.1) is 0 Å². The van der Waals surface area contributed by atoms with Crippen LogP contribution >= 0.6 is 0 Å². The third-order valence-electron chi connectivity index (χ3n) is 1.96. The highest BCUT2D eigenvalue weighted by Crippen LogP contribution is 2.07. The van der Waals surface area contributed by atoms with Crippen molar-refractivity contribution in [3.8, 4) is 0 Å². The fourth-order valence-electron chi connectivity index (χ4n) is 1.00. The van der Waals surface area contributed by atoms with E-state index in [1.165, 1.54) is 0 Å². The highest BCUT2D eigenvalue weighted by atomic mass is 16.3. The second-order valence-corrected chi connectivity index (χ2v) is 2.81. The fourth-order valence-corrected chi connectivity index (χ4v) is 1.00. The van der Waals surface area contributed by atoms with Gasteiger partial charge in [0.1, 0.15) is 0 Å². The van der Waals surface area contributed by atoms with Crippen molar-refractivity contribution in [3.63, 3.8) is 0 Å². The van der Waals surface area contributed by atoms with Gasteiger partial charge in [0.15, 0.2) is 0 Å². The topological polar surface area (TPSA) is 32.3 Å². The van der Waals surface area contributed by atoms with Gasteiger partial charge in [-0.05, 0) is 33.4 Å². The second-order valence-electron chi connectivity index (χ2n) is 2.81. The molecule has 0 radical (unpaired) electrons. The molecular formula is C10H19NO. The second kappa shape index (κ2) is 5.98. The van der Waals surface area contributed by atoms with Gasteiger partial charge in [0.25, 0.3) is 0 Å². The van der Waals surface area contributed by atoms with Crippen molar-refractivity contribution >= 4 is 0 Å². The maximum atomic E-state index is 9.73. The Kier molecular flexibility index (Phi) is 5.68. The molecule has 2 N–H and O–H groups in total. The molecule has 12 heavy (non-hydrogen) atoms. The minimum Gasteiger partial charge on any atom is -0.387 e. The predicted molar refractivity (Wildman–Crippen MR) is 53.1 cm³/mol. The van der Waals surface area contributed by atoms with Gasteiger partial charge in [-0.3, -0.25) is 0 Å². The lowest BCUT2D eigenvalue weighted by Gasteiger charge is -2.18. The number of likely N-dealkylation sites (N-methyl/N-ethyl adjacent to an activating group) is 1. The van der Waals surface area contributed by atoms with E-state index in [1.54, 1.807) is 0 Å². The number of aliphatic hydroxyl groups excluding tert-OH is 1. The Labute approximate surface area is 75.0 Å². The van der Waals surface area contributed by atoms with Crippen molar-refractivity contribution in [1.82, 2.24) is 5.32 Å². The zero-order chi connectivity index (χ0) is 9.56. The van der Waals surface area contributed by atoms with E-state index in [-0.39, 0.29) is 6.04 Å². The molecular weight excluding hydrogens is 150 g/mol. The van der Waals surface area contributed by atoms with Crippen molar-refractivity contribution in [2.45, 2.75) is 32.9 Å². The normalized spacial score (nSPS) is 18.2. The monoisotopic (exact) mass is 169 g/mol. The largest absolute Gasteiger partial charge is 0.387 e. The summed E-state index contributed by atoms with van der Waals surface area (Å²) in [4.78, 5) is 0. The van der Waals surface area contributed by atoms with Crippen LogP contribution in [-0.4, -0.2) is 24.3 Å². The summed E-state index contributed by atoms with van der Waals surface area (Å²) < 4.78 is 0. The van der Waals surface area contributed by atoms with Crippen LogP contribution in [0.5, 0.6) is 0 Å². The summed E-state index contributed by atoms with van der Waals surface area (Å²) in [7, 11) is 1.84. The Balaban J connectivity index is 4.32. The Morgan fingerprint density at radius 1 is 1.42 bits per heavy atom. The van der Waals surface area contributed by atoms with Crippen molar-refractivity contribution < 1.29 is 5.11 Å². The van der Waals surface area contributed by atoms with Crippen LogP contribution in [0.2, 0.25) is 0 Å². The van der Waals surface area contributed by atoms with Crippen molar-refractivity contribution in [1.29, 1.82) is 0 Å². The molecule has 0 heterocycles. The molecule has 0 aliphatic rings. The van der Waals surface area contributed by atoms with Gasteiger partial charge >= 0.3 is 0 Å². The van der Waals surface area contributed by atoms with Gasteiger partial charge in [-0.1, -0.05) is 18.2 Å². The summed E-state index contributed by atoms with van der Waals surface area (Å²) in [5.41, 5.74) is 0.958. The van der Waals surface area contributed by atoms with Crippen molar-refractivity contribution in [2.75, 3.05) is 7.05 Å². The fraction of sp³-hybridized carbons (Fsp3) is 0.600. The van der Waals surface area contributed by atoms with Crippen LogP contribution in [0.15, 0.2) is 23.8 Å². The minimum atomic E-state index is -0.420. The van der Waals surface area contributed by atoms with E-state index in [0.717, 1.165) is 5.57 Å². The van der Waals surface area contributed by atoms with Gasteiger partial charge in [0.05, 0.1) is 6.10 Å². The molecule has 0 aliphatic heterocycles. The maximum Gasteiger partial charge on any atom is 0.0936 e. The van der Waals surface area contributed by atoms with E-state index in [4.69, 9.17) is 0 Å². The molecule has 70 valence electrons. The number of nitrogens with one attached hydrogen (secondary N) is 1. The Morgan fingerprint density at radius 3 is 2.33 bits per heavy atom. The molecule has 0 aromatic carbocycles. The third-order valence-corrected chi connectivity index (χ3v) is 1.96. The van der Waals surface area contributed by atoms with E-state index in [2.05, 4.69) is 5.32 Å². The van der Waals surface area contributed by atoms with E-state index in [1.807, 2.05) is 46.0 Å². The van der Waals surface area contributed by atoms with Crippen LogP contribution in [0.3, 0.4) is 0 Å². The summed E-state index contributed by atoms with van der Waals surface area (Å²) in [5.74, 6) is 0. The van der Waals surface area contributed by atoms with Crippen LogP contribution in [-0.2, 0) is 0 Å². The molecule has 2 atom stereocenters. The molecule has 0 rings (SSSR count). The lowest BCUT2D eigenvalue weighted by molar-refractivity contribution is 0.176. The molecule has 0 aromatic rings. The molecule has 0 bridgehead atoms. The molecule has 2 unspecified atom stereocenters. The molecule has 0 fully saturated rings. The molecule has 2 nitrogen and oxygen atoms in total. The summed E-state index contributed by atoms with van der Waals surface area (Å²) in [6.45, 7) is 5.83. The average Bonchev–Trinajstić information content (AvgIpc) is 2.11. The molecule has 2 heteroatoms. The lowest BCUT2D eigenvalue weighted by Crippen LogP contribution is -2.35. The quantitative estimate of drug-likeness (QED) is 0.625. The van der Waals surface area contributed by atoms with E-state index < -0.39 is 6.10 Å². The van der Waals surface area contributed by atoms with Crippen LogP contribution in [0.1, 0.15) is 20.8 Å². The third kappa shape index (κ3) is 3.20. The molecule has 0 amide bonds. The number of allylic oxidation sites excluding steroid dienone is 2. The van der Waals surface area contributed by atoms with Gasteiger partial charge in [0.2, 0.25) is 0 Å². The van der Waals surface area contributed by atoms with Crippen molar-refractivity contribution in [3.05, 3.63) is 23.8 Å². The van der Waals surface area contributed by atoms with E-state index in [0.29, 0.717) is 0 Å². The number of aliphatic hydroxyl groups is 1. The molecule has 0 aliphatic carbocycles. The molecule has 0 aromatic heterocycles. The van der Waals surface area contributed by atoms with Crippen LogP contribution in [0.4, 0.5) is 0 Å². The zero-order valence-electron chi connectivity index (χ0n) is 8.33. The van der Waals surface area contributed by atoms with Crippen LogP contribution < -0.4 is 5.32 Å². The van der Waals surface area contributed by atoms with Gasteiger partial charge in [0, 0.05) is 6.04 Å². The number of rotatable bonds is 4. The minimum absolute atomic E-state index is 0.0902.